The Morgan fingerprint density at radius 2 is 2.20 bits per heavy atom. The van der Waals surface area contributed by atoms with E-state index in [1.165, 1.54) is 12.8 Å². The van der Waals surface area contributed by atoms with Gasteiger partial charge in [-0.15, -0.1) is 0 Å². The molecule has 0 bridgehead atoms. The number of benzene rings is 1. The zero-order chi connectivity index (χ0) is 13.9. The van der Waals surface area contributed by atoms with E-state index in [9.17, 15) is 4.79 Å². The molecule has 3 rings (SSSR count). The van der Waals surface area contributed by atoms with Crippen LogP contribution in [-0.4, -0.2) is 24.6 Å². The van der Waals surface area contributed by atoms with Crippen LogP contribution in [0.25, 0.3) is 0 Å². The summed E-state index contributed by atoms with van der Waals surface area (Å²) in [6, 6.07) is 8.15. The number of fused-ring (bicyclic) bond motifs is 1. The minimum Gasteiger partial charge on any atom is -0.480 e. The summed E-state index contributed by atoms with van der Waals surface area (Å²) in [6.45, 7) is 0.725. The van der Waals surface area contributed by atoms with Crippen LogP contribution < -0.4 is 15.8 Å². The van der Waals surface area contributed by atoms with Crippen molar-refractivity contribution in [2.24, 2.45) is 11.7 Å². The van der Waals surface area contributed by atoms with Gasteiger partial charge in [-0.1, -0.05) is 24.6 Å². The van der Waals surface area contributed by atoms with Gasteiger partial charge in [-0.05, 0) is 36.8 Å². The quantitative estimate of drug-likeness (QED) is 0.880. The lowest BCUT2D eigenvalue weighted by Crippen LogP contribution is -2.41. The van der Waals surface area contributed by atoms with Gasteiger partial charge in [0.2, 0.25) is 0 Å². The SMILES string of the molecule is NC1CCCC(CNC(=O)C2Cc3ccccc3O2)C1. The number of carbonyl (C=O) groups is 1. The van der Waals surface area contributed by atoms with Crippen LogP contribution >= 0.6 is 0 Å². The molecule has 1 aromatic rings. The Bertz CT molecular complexity index is 464. The molecule has 3 atom stereocenters. The van der Waals surface area contributed by atoms with Gasteiger partial charge < -0.3 is 15.8 Å². The molecule has 1 aromatic carbocycles. The second-order valence-corrected chi connectivity index (χ2v) is 5.96. The predicted octanol–water partition coefficient (Wildman–Crippen LogP) is 1.62. The fraction of sp³-hybridized carbons (Fsp3) is 0.562. The first-order valence-electron chi connectivity index (χ1n) is 7.50. The molecule has 108 valence electrons. The van der Waals surface area contributed by atoms with Gasteiger partial charge in [-0.2, -0.15) is 0 Å². The Kier molecular flexibility index (Phi) is 3.92. The van der Waals surface area contributed by atoms with E-state index in [1.807, 2.05) is 24.3 Å². The van der Waals surface area contributed by atoms with E-state index < -0.39 is 0 Å². The van der Waals surface area contributed by atoms with E-state index in [4.69, 9.17) is 10.5 Å². The van der Waals surface area contributed by atoms with Crippen LogP contribution in [0.5, 0.6) is 5.75 Å². The molecule has 4 heteroatoms. The molecule has 4 nitrogen and oxygen atoms in total. The van der Waals surface area contributed by atoms with Crippen LogP contribution in [0.4, 0.5) is 0 Å². The molecule has 1 fully saturated rings. The average molecular weight is 274 g/mol. The first-order valence-corrected chi connectivity index (χ1v) is 7.50. The number of rotatable bonds is 3. The molecule has 1 saturated carbocycles. The van der Waals surface area contributed by atoms with Crippen LogP contribution in [-0.2, 0) is 11.2 Å². The minimum atomic E-state index is -0.371. The number of hydrogen-bond acceptors (Lipinski definition) is 3. The predicted molar refractivity (Wildman–Crippen MR) is 77.5 cm³/mol. The number of ether oxygens (including phenoxy) is 1. The van der Waals surface area contributed by atoms with E-state index in [2.05, 4.69) is 5.32 Å². The molecule has 1 aliphatic heterocycles. The third kappa shape index (κ3) is 2.96. The van der Waals surface area contributed by atoms with Crippen LogP contribution in [0, 0.1) is 5.92 Å². The van der Waals surface area contributed by atoms with Crippen molar-refractivity contribution < 1.29 is 9.53 Å². The molecule has 1 heterocycles. The lowest BCUT2D eigenvalue weighted by Gasteiger charge is -2.27. The van der Waals surface area contributed by atoms with Crippen molar-refractivity contribution in [3.05, 3.63) is 29.8 Å². The van der Waals surface area contributed by atoms with E-state index in [1.54, 1.807) is 0 Å². The second kappa shape index (κ2) is 5.83. The highest BCUT2D eigenvalue weighted by atomic mass is 16.5. The molecule has 2 aliphatic rings. The molecule has 20 heavy (non-hydrogen) atoms. The molecule has 0 aromatic heterocycles. The Hall–Kier alpha value is -1.55. The monoisotopic (exact) mass is 274 g/mol. The van der Waals surface area contributed by atoms with Gasteiger partial charge in [0, 0.05) is 19.0 Å². The summed E-state index contributed by atoms with van der Waals surface area (Å²) >= 11 is 0. The van der Waals surface area contributed by atoms with Crippen molar-refractivity contribution in [3.8, 4) is 5.75 Å². The van der Waals surface area contributed by atoms with Gasteiger partial charge in [0.1, 0.15) is 5.75 Å². The highest BCUT2D eigenvalue weighted by Gasteiger charge is 2.29. The number of amides is 1. The molecular formula is C16H22N2O2. The van der Waals surface area contributed by atoms with E-state index >= 15 is 0 Å². The smallest absolute Gasteiger partial charge is 0.261 e. The maximum absolute atomic E-state index is 12.2. The number of carbonyl (C=O) groups excluding carboxylic acids is 1. The Balaban J connectivity index is 1.49. The van der Waals surface area contributed by atoms with Crippen LogP contribution in [0.3, 0.4) is 0 Å². The van der Waals surface area contributed by atoms with Gasteiger partial charge in [-0.3, -0.25) is 4.79 Å². The molecule has 1 aliphatic carbocycles. The number of para-hydroxylation sites is 1. The van der Waals surface area contributed by atoms with Crippen LogP contribution in [0.2, 0.25) is 0 Å². The molecule has 1 amide bonds. The van der Waals surface area contributed by atoms with Crippen molar-refractivity contribution in [2.45, 2.75) is 44.2 Å². The van der Waals surface area contributed by atoms with Gasteiger partial charge in [0.05, 0.1) is 0 Å². The first kappa shape index (κ1) is 13.4. The van der Waals surface area contributed by atoms with Crippen molar-refractivity contribution >= 4 is 5.91 Å². The van der Waals surface area contributed by atoms with Crippen molar-refractivity contribution in [3.63, 3.8) is 0 Å². The lowest BCUT2D eigenvalue weighted by molar-refractivity contribution is -0.127. The van der Waals surface area contributed by atoms with Gasteiger partial charge >= 0.3 is 0 Å². The van der Waals surface area contributed by atoms with Crippen molar-refractivity contribution in [1.82, 2.24) is 5.32 Å². The summed E-state index contributed by atoms with van der Waals surface area (Å²) in [6.07, 6.45) is 4.78. The average Bonchev–Trinajstić information content (AvgIpc) is 2.89. The third-order valence-corrected chi connectivity index (χ3v) is 4.33. The number of hydrogen-bond donors (Lipinski definition) is 2. The fourth-order valence-electron chi connectivity index (χ4n) is 3.21. The molecular weight excluding hydrogens is 252 g/mol. The topological polar surface area (TPSA) is 64.3 Å². The second-order valence-electron chi connectivity index (χ2n) is 5.96. The standard InChI is InChI=1S/C16H22N2O2/c17-13-6-3-4-11(8-13)10-18-16(19)15-9-12-5-1-2-7-14(12)20-15/h1-2,5,7,11,13,15H,3-4,6,8-10,17H2,(H,18,19). The zero-order valence-corrected chi connectivity index (χ0v) is 11.7. The van der Waals surface area contributed by atoms with Gasteiger partial charge in [0.15, 0.2) is 6.10 Å². The van der Waals surface area contributed by atoms with Gasteiger partial charge in [0.25, 0.3) is 5.91 Å². The first-order chi connectivity index (χ1) is 9.72. The van der Waals surface area contributed by atoms with Crippen LogP contribution in [0.15, 0.2) is 24.3 Å². The summed E-state index contributed by atoms with van der Waals surface area (Å²) in [7, 11) is 0. The van der Waals surface area contributed by atoms with Gasteiger partial charge in [-0.25, -0.2) is 0 Å². The van der Waals surface area contributed by atoms with Crippen LogP contribution in [0.1, 0.15) is 31.2 Å². The summed E-state index contributed by atoms with van der Waals surface area (Å²) in [5.74, 6) is 1.36. The molecule has 0 spiro atoms. The lowest BCUT2D eigenvalue weighted by atomic mass is 9.86. The highest BCUT2D eigenvalue weighted by Crippen LogP contribution is 2.28. The maximum Gasteiger partial charge on any atom is 0.261 e. The fourth-order valence-corrected chi connectivity index (χ4v) is 3.21. The molecule has 0 radical (unpaired) electrons. The Labute approximate surface area is 119 Å². The molecule has 3 N–H and O–H groups in total. The summed E-state index contributed by atoms with van der Waals surface area (Å²) in [5, 5.41) is 3.03. The third-order valence-electron chi connectivity index (χ3n) is 4.33. The molecule has 3 unspecified atom stereocenters. The normalized spacial score (nSPS) is 28.6. The van der Waals surface area contributed by atoms with E-state index in [0.717, 1.165) is 30.7 Å². The molecule has 0 saturated heterocycles. The maximum atomic E-state index is 12.2. The number of nitrogens with one attached hydrogen (secondary N) is 1. The Morgan fingerprint density at radius 1 is 1.35 bits per heavy atom. The minimum absolute atomic E-state index is 0.000319. The Morgan fingerprint density at radius 3 is 3.00 bits per heavy atom. The summed E-state index contributed by atoms with van der Waals surface area (Å²) in [4.78, 5) is 12.2. The summed E-state index contributed by atoms with van der Waals surface area (Å²) < 4.78 is 5.69. The zero-order valence-electron chi connectivity index (χ0n) is 11.7. The number of nitrogens with two attached hydrogens (primary N) is 1. The van der Waals surface area contributed by atoms with Crippen molar-refractivity contribution in [2.75, 3.05) is 6.54 Å². The van der Waals surface area contributed by atoms with Crippen molar-refractivity contribution in [1.29, 1.82) is 0 Å². The highest BCUT2D eigenvalue weighted by molar-refractivity contribution is 5.82. The largest absolute Gasteiger partial charge is 0.480 e. The van der Waals surface area contributed by atoms with E-state index in [-0.39, 0.29) is 12.0 Å². The summed E-state index contributed by atoms with van der Waals surface area (Å²) in [5.41, 5.74) is 7.09. The van der Waals surface area contributed by atoms with E-state index in [0.29, 0.717) is 18.4 Å².